The molecule has 1 aromatic carbocycles. The van der Waals surface area contributed by atoms with Gasteiger partial charge in [0, 0.05) is 18.1 Å². The highest BCUT2D eigenvalue weighted by atomic mass is 16.5. The quantitative estimate of drug-likeness (QED) is 0.725. The van der Waals surface area contributed by atoms with Gasteiger partial charge < -0.3 is 14.5 Å². The van der Waals surface area contributed by atoms with Crippen molar-refractivity contribution in [1.82, 2.24) is 9.97 Å². The molecule has 122 valence electrons. The summed E-state index contributed by atoms with van der Waals surface area (Å²) in [4.78, 5) is 32.6. The molecule has 1 unspecified atom stereocenters. The standard InChI is InChI=1S/C17H15N3O4/c1-2-13(16(21)20-11-6-8-18-9-7-11)24-17(22)12-4-3-5-14-15(12)19-10-23-14/h3-10,13H,2H2,1H3,(H,18,20,21). The number of carbonyl (C=O) groups excluding carboxylic acids is 2. The van der Waals surface area contributed by atoms with Crippen LogP contribution in [0.1, 0.15) is 23.7 Å². The molecule has 2 heterocycles. The summed E-state index contributed by atoms with van der Waals surface area (Å²) in [5.74, 6) is -1.02. The highest BCUT2D eigenvalue weighted by molar-refractivity contribution is 6.03. The van der Waals surface area contributed by atoms with Crippen LogP contribution in [0.2, 0.25) is 0 Å². The molecule has 1 N–H and O–H groups in total. The highest BCUT2D eigenvalue weighted by Crippen LogP contribution is 2.19. The topological polar surface area (TPSA) is 94.3 Å². The van der Waals surface area contributed by atoms with Gasteiger partial charge in [-0.2, -0.15) is 0 Å². The molecule has 3 rings (SSSR count). The van der Waals surface area contributed by atoms with E-state index in [-0.39, 0.29) is 5.56 Å². The Morgan fingerprint density at radius 3 is 2.79 bits per heavy atom. The van der Waals surface area contributed by atoms with Crippen LogP contribution in [0.25, 0.3) is 11.1 Å². The summed E-state index contributed by atoms with van der Waals surface area (Å²) in [6.45, 7) is 1.76. The van der Waals surface area contributed by atoms with Crippen molar-refractivity contribution in [1.29, 1.82) is 0 Å². The van der Waals surface area contributed by atoms with E-state index in [2.05, 4.69) is 15.3 Å². The first kappa shape index (κ1) is 15.7. The SMILES string of the molecule is CCC(OC(=O)c1cccc2ocnc12)C(=O)Nc1ccncc1. The summed E-state index contributed by atoms with van der Waals surface area (Å²) in [6.07, 6.45) is 3.82. The van der Waals surface area contributed by atoms with Gasteiger partial charge in [-0.05, 0) is 30.7 Å². The second kappa shape index (κ2) is 6.91. The minimum atomic E-state index is -0.909. The molecule has 0 saturated heterocycles. The Morgan fingerprint density at radius 2 is 2.04 bits per heavy atom. The molecule has 7 heteroatoms. The number of hydrogen-bond donors (Lipinski definition) is 1. The van der Waals surface area contributed by atoms with Crippen LogP contribution >= 0.6 is 0 Å². The first-order chi connectivity index (χ1) is 11.7. The fourth-order valence-electron chi connectivity index (χ4n) is 2.22. The summed E-state index contributed by atoms with van der Waals surface area (Å²) in [6, 6.07) is 8.26. The molecule has 0 fully saturated rings. The number of fused-ring (bicyclic) bond motifs is 1. The largest absolute Gasteiger partial charge is 0.449 e. The lowest BCUT2D eigenvalue weighted by atomic mass is 10.2. The second-order valence-electron chi connectivity index (χ2n) is 5.03. The second-order valence-corrected chi connectivity index (χ2v) is 5.03. The third kappa shape index (κ3) is 3.24. The lowest BCUT2D eigenvalue weighted by Crippen LogP contribution is -2.32. The van der Waals surface area contributed by atoms with Crippen molar-refractivity contribution in [3.05, 3.63) is 54.7 Å². The summed E-state index contributed by atoms with van der Waals surface area (Å²) >= 11 is 0. The average molecular weight is 325 g/mol. The molecule has 0 aliphatic rings. The van der Waals surface area contributed by atoms with E-state index in [0.717, 1.165) is 0 Å². The summed E-state index contributed by atoms with van der Waals surface area (Å²) in [5, 5.41) is 2.69. The lowest BCUT2D eigenvalue weighted by Gasteiger charge is -2.16. The minimum absolute atomic E-state index is 0.261. The Hall–Kier alpha value is -3.22. The first-order valence-electron chi connectivity index (χ1n) is 7.43. The third-order valence-electron chi connectivity index (χ3n) is 3.44. The van der Waals surface area contributed by atoms with Crippen LogP contribution in [-0.2, 0) is 9.53 Å². The van der Waals surface area contributed by atoms with Crippen LogP contribution in [0.3, 0.4) is 0 Å². The molecule has 1 atom stereocenters. The molecular weight excluding hydrogens is 310 g/mol. The number of benzene rings is 1. The van der Waals surface area contributed by atoms with Gasteiger partial charge in [-0.1, -0.05) is 13.0 Å². The molecule has 0 aliphatic carbocycles. The fourth-order valence-corrected chi connectivity index (χ4v) is 2.22. The Balaban J connectivity index is 1.74. The van der Waals surface area contributed by atoms with Gasteiger partial charge in [0.25, 0.3) is 5.91 Å². The zero-order valence-corrected chi connectivity index (χ0v) is 12.9. The predicted molar refractivity (Wildman–Crippen MR) is 86.4 cm³/mol. The number of para-hydroxylation sites is 1. The van der Waals surface area contributed by atoms with E-state index in [9.17, 15) is 9.59 Å². The number of esters is 1. The van der Waals surface area contributed by atoms with Gasteiger partial charge >= 0.3 is 5.97 Å². The number of carbonyl (C=O) groups is 2. The maximum absolute atomic E-state index is 12.4. The third-order valence-corrected chi connectivity index (χ3v) is 3.44. The highest BCUT2D eigenvalue weighted by Gasteiger charge is 2.23. The van der Waals surface area contributed by atoms with Gasteiger partial charge in [-0.3, -0.25) is 9.78 Å². The number of aromatic nitrogens is 2. The average Bonchev–Trinajstić information content (AvgIpc) is 3.08. The van der Waals surface area contributed by atoms with Crippen LogP contribution in [0.15, 0.2) is 53.5 Å². The number of nitrogens with zero attached hydrogens (tertiary/aromatic N) is 2. The van der Waals surface area contributed by atoms with Gasteiger partial charge in [-0.15, -0.1) is 0 Å². The lowest BCUT2D eigenvalue weighted by molar-refractivity contribution is -0.124. The van der Waals surface area contributed by atoms with E-state index in [1.54, 1.807) is 49.6 Å². The van der Waals surface area contributed by atoms with Crippen LogP contribution in [0, 0.1) is 0 Å². The molecule has 3 aromatic rings. The van der Waals surface area contributed by atoms with Crippen molar-refractivity contribution < 1.29 is 18.7 Å². The Labute approximate surface area is 137 Å². The van der Waals surface area contributed by atoms with Crippen molar-refractivity contribution in [2.75, 3.05) is 5.32 Å². The zero-order valence-electron chi connectivity index (χ0n) is 12.9. The zero-order chi connectivity index (χ0) is 16.9. The Bertz CT molecular complexity index is 860. The van der Waals surface area contributed by atoms with Crippen LogP contribution in [0.5, 0.6) is 0 Å². The molecule has 0 radical (unpaired) electrons. The van der Waals surface area contributed by atoms with Crippen LogP contribution in [-0.4, -0.2) is 27.9 Å². The Morgan fingerprint density at radius 1 is 1.25 bits per heavy atom. The van der Waals surface area contributed by atoms with Crippen molar-refractivity contribution in [3.8, 4) is 0 Å². The number of hydrogen-bond acceptors (Lipinski definition) is 6. The smallest absolute Gasteiger partial charge is 0.341 e. The molecule has 24 heavy (non-hydrogen) atoms. The number of amides is 1. The number of nitrogens with one attached hydrogen (secondary N) is 1. The fraction of sp³-hybridized carbons (Fsp3) is 0.176. The van der Waals surface area contributed by atoms with Crippen LogP contribution < -0.4 is 5.32 Å². The molecule has 7 nitrogen and oxygen atoms in total. The normalized spacial score (nSPS) is 11.9. The number of pyridine rings is 1. The molecule has 0 spiro atoms. The van der Waals surface area contributed by atoms with Crippen molar-refractivity contribution in [2.45, 2.75) is 19.4 Å². The number of rotatable bonds is 5. The molecule has 0 bridgehead atoms. The van der Waals surface area contributed by atoms with E-state index in [4.69, 9.17) is 9.15 Å². The molecule has 0 aliphatic heterocycles. The first-order valence-corrected chi connectivity index (χ1v) is 7.43. The van der Waals surface area contributed by atoms with Crippen molar-refractivity contribution in [3.63, 3.8) is 0 Å². The summed E-state index contributed by atoms with van der Waals surface area (Å²) < 4.78 is 10.5. The van der Waals surface area contributed by atoms with Gasteiger partial charge in [-0.25, -0.2) is 9.78 Å². The van der Waals surface area contributed by atoms with E-state index < -0.39 is 18.0 Å². The number of anilines is 1. The molecular formula is C17H15N3O4. The summed E-state index contributed by atoms with van der Waals surface area (Å²) in [5.41, 5.74) is 1.74. The maximum Gasteiger partial charge on any atom is 0.341 e. The van der Waals surface area contributed by atoms with Gasteiger partial charge in [0.05, 0.1) is 5.56 Å². The van der Waals surface area contributed by atoms with Gasteiger partial charge in [0.2, 0.25) is 0 Å². The predicted octanol–water partition coefficient (Wildman–Crippen LogP) is 2.80. The van der Waals surface area contributed by atoms with Gasteiger partial charge in [0.15, 0.2) is 18.1 Å². The van der Waals surface area contributed by atoms with E-state index in [0.29, 0.717) is 23.2 Å². The Kier molecular flexibility index (Phi) is 4.51. The number of ether oxygens (including phenoxy) is 1. The molecule has 1 amide bonds. The molecule has 2 aromatic heterocycles. The maximum atomic E-state index is 12.4. The summed E-state index contributed by atoms with van der Waals surface area (Å²) in [7, 11) is 0. The van der Waals surface area contributed by atoms with Gasteiger partial charge in [0.1, 0.15) is 5.52 Å². The molecule has 0 saturated carbocycles. The van der Waals surface area contributed by atoms with Crippen molar-refractivity contribution >= 4 is 28.7 Å². The number of oxazole rings is 1. The van der Waals surface area contributed by atoms with Crippen LogP contribution in [0.4, 0.5) is 5.69 Å². The van der Waals surface area contributed by atoms with E-state index >= 15 is 0 Å². The van der Waals surface area contributed by atoms with E-state index in [1.165, 1.54) is 6.39 Å². The van der Waals surface area contributed by atoms with Crippen molar-refractivity contribution in [2.24, 2.45) is 0 Å². The minimum Gasteiger partial charge on any atom is -0.449 e. The monoisotopic (exact) mass is 325 g/mol. The van der Waals surface area contributed by atoms with E-state index in [1.807, 2.05) is 0 Å².